The summed E-state index contributed by atoms with van der Waals surface area (Å²) in [6, 6.07) is 0.606. The Balaban J connectivity index is 1.43. The number of aliphatic imine (C=N–C) groups is 1. The summed E-state index contributed by atoms with van der Waals surface area (Å²) in [6.07, 6.45) is 7.92. The molecule has 0 aromatic carbocycles. The van der Waals surface area contributed by atoms with Crippen molar-refractivity contribution < 1.29 is 4.74 Å². The van der Waals surface area contributed by atoms with Gasteiger partial charge in [0.1, 0.15) is 0 Å². The molecular formula is C16H31N3O. The molecule has 116 valence electrons. The zero-order valence-electron chi connectivity index (χ0n) is 13.2. The van der Waals surface area contributed by atoms with E-state index in [9.17, 15) is 0 Å². The van der Waals surface area contributed by atoms with Crippen molar-refractivity contribution in [3.63, 3.8) is 0 Å². The van der Waals surface area contributed by atoms with Crippen LogP contribution in [0.15, 0.2) is 4.99 Å². The van der Waals surface area contributed by atoms with E-state index in [0.29, 0.717) is 18.1 Å². The summed E-state index contributed by atoms with van der Waals surface area (Å²) in [7, 11) is 0. The summed E-state index contributed by atoms with van der Waals surface area (Å²) < 4.78 is 5.91. The Morgan fingerprint density at radius 2 is 2.20 bits per heavy atom. The van der Waals surface area contributed by atoms with E-state index < -0.39 is 0 Å². The molecule has 0 bridgehead atoms. The Hall–Kier alpha value is -0.610. The van der Waals surface area contributed by atoms with Gasteiger partial charge in [-0.05, 0) is 38.1 Å². The second-order valence-electron chi connectivity index (χ2n) is 6.47. The highest BCUT2D eigenvalue weighted by Crippen LogP contribution is 2.24. The quantitative estimate of drug-likeness (QED) is 0.604. The van der Waals surface area contributed by atoms with Crippen LogP contribution in [-0.4, -0.2) is 44.2 Å². The molecule has 0 aromatic rings. The minimum Gasteiger partial charge on any atom is -0.376 e. The SMILES string of the molecule is CC(C)COC1CCC1NCCCCCC1=NCCN1. The van der Waals surface area contributed by atoms with Gasteiger partial charge in [-0.3, -0.25) is 4.99 Å². The summed E-state index contributed by atoms with van der Waals surface area (Å²) >= 11 is 0. The molecule has 2 atom stereocenters. The summed E-state index contributed by atoms with van der Waals surface area (Å²) in [6.45, 7) is 8.46. The van der Waals surface area contributed by atoms with Crippen LogP contribution in [0.25, 0.3) is 0 Å². The first-order valence-electron chi connectivity index (χ1n) is 8.38. The van der Waals surface area contributed by atoms with Gasteiger partial charge < -0.3 is 15.4 Å². The number of hydrogen-bond donors (Lipinski definition) is 2. The second kappa shape index (κ2) is 8.63. The van der Waals surface area contributed by atoms with Gasteiger partial charge in [-0.1, -0.05) is 20.3 Å². The monoisotopic (exact) mass is 281 g/mol. The van der Waals surface area contributed by atoms with E-state index in [1.165, 1.54) is 37.9 Å². The molecule has 2 unspecified atom stereocenters. The van der Waals surface area contributed by atoms with E-state index in [4.69, 9.17) is 4.74 Å². The summed E-state index contributed by atoms with van der Waals surface area (Å²) in [5.41, 5.74) is 0. The fourth-order valence-electron chi connectivity index (χ4n) is 2.71. The second-order valence-corrected chi connectivity index (χ2v) is 6.47. The molecule has 0 amide bonds. The van der Waals surface area contributed by atoms with Gasteiger partial charge in [0.15, 0.2) is 0 Å². The molecule has 1 saturated carbocycles. The predicted molar refractivity (Wildman–Crippen MR) is 84.4 cm³/mol. The van der Waals surface area contributed by atoms with Gasteiger partial charge in [0.2, 0.25) is 0 Å². The molecule has 4 nitrogen and oxygen atoms in total. The van der Waals surface area contributed by atoms with Crippen molar-refractivity contribution in [2.75, 3.05) is 26.2 Å². The fraction of sp³-hybridized carbons (Fsp3) is 0.938. The van der Waals surface area contributed by atoms with Crippen molar-refractivity contribution in [1.29, 1.82) is 0 Å². The van der Waals surface area contributed by atoms with E-state index in [2.05, 4.69) is 29.5 Å². The number of rotatable bonds is 10. The Labute approximate surface area is 123 Å². The molecule has 20 heavy (non-hydrogen) atoms. The lowest BCUT2D eigenvalue weighted by molar-refractivity contribution is -0.0366. The van der Waals surface area contributed by atoms with E-state index in [0.717, 1.165) is 32.7 Å². The third kappa shape index (κ3) is 5.41. The van der Waals surface area contributed by atoms with E-state index in [-0.39, 0.29) is 0 Å². The van der Waals surface area contributed by atoms with E-state index in [1.54, 1.807) is 0 Å². The predicted octanol–water partition coefficient (Wildman–Crippen LogP) is 2.34. The van der Waals surface area contributed by atoms with E-state index >= 15 is 0 Å². The molecule has 2 rings (SSSR count). The molecule has 4 heteroatoms. The maximum Gasteiger partial charge on any atom is 0.0964 e. The molecule has 0 aromatic heterocycles. The van der Waals surface area contributed by atoms with Gasteiger partial charge in [-0.15, -0.1) is 0 Å². The van der Waals surface area contributed by atoms with Gasteiger partial charge in [0.05, 0.1) is 18.5 Å². The van der Waals surface area contributed by atoms with Crippen molar-refractivity contribution >= 4 is 5.84 Å². The minimum atomic E-state index is 0.467. The molecule has 2 aliphatic rings. The van der Waals surface area contributed by atoms with Crippen LogP contribution in [0.5, 0.6) is 0 Å². The number of hydrogen-bond acceptors (Lipinski definition) is 4. The largest absolute Gasteiger partial charge is 0.376 e. The summed E-state index contributed by atoms with van der Waals surface area (Å²) in [4.78, 5) is 4.42. The third-order valence-electron chi connectivity index (χ3n) is 4.10. The number of amidine groups is 1. The van der Waals surface area contributed by atoms with Gasteiger partial charge in [0.25, 0.3) is 0 Å². The van der Waals surface area contributed by atoms with Gasteiger partial charge in [0, 0.05) is 25.6 Å². The van der Waals surface area contributed by atoms with Crippen LogP contribution < -0.4 is 10.6 Å². The first-order valence-corrected chi connectivity index (χ1v) is 8.38. The van der Waals surface area contributed by atoms with Crippen LogP contribution >= 0.6 is 0 Å². The van der Waals surface area contributed by atoms with Crippen molar-refractivity contribution in [2.45, 2.75) is 64.5 Å². The maximum absolute atomic E-state index is 5.91. The normalized spacial score (nSPS) is 25.4. The molecule has 1 heterocycles. The molecule has 2 N–H and O–H groups in total. The van der Waals surface area contributed by atoms with Crippen LogP contribution in [0.4, 0.5) is 0 Å². The Morgan fingerprint density at radius 1 is 1.30 bits per heavy atom. The van der Waals surface area contributed by atoms with Crippen molar-refractivity contribution in [2.24, 2.45) is 10.9 Å². The van der Waals surface area contributed by atoms with Crippen LogP contribution in [0, 0.1) is 5.92 Å². The number of unbranched alkanes of at least 4 members (excludes halogenated alkanes) is 2. The average Bonchev–Trinajstić information content (AvgIpc) is 2.89. The zero-order chi connectivity index (χ0) is 14.2. The maximum atomic E-state index is 5.91. The first-order chi connectivity index (χ1) is 9.75. The molecule has 1 fully saturated rings. The van der Waals surface area contributed by atoms with E-state index in [1.807, 2.05) is 0 Å². The van der Waals surface area contributed by atoms with Crippen molar-refractivity contribution in [3.05, 3.63) is 0 Å². The Morgan fingerprint density at radius 3 is 2.85 bits per heavy atom. The lowest BCUT2D eigenvalue weighted by atomic mass is 9.88. The molecule has 0 spiro atoms. The molecule has 1 aliphatic heterocycles. The summed E-state index contributed by atoms with van der Waals surface area (Å²) in [5.74, 6) is 1.86. The average molecular weight is 281 g/mol. The van der Waals surface area contributed by atoms with Crippen molar-refractivity contribution in [3.8, 4) is 0 Å². The highest BCUT2D eigenvalue weighted by Gasteiger charge is 2.30. The lowest BCUT2D eigenvalue weighted by Crippen LogP contribution is -2.49. The molecule has 0 radical (unpaired) electrons. The smallest absolute Gasteiger partial charge is 0.0964 e. The standard InChI is InChI=1S/C16H31N3O/c1-13(2)12-20-15-8-7-14(15)17-9-5-3-4-6-16-18-10-11-19-16/h13-15,17H,3-12H2,1-2H3,(H,18,19). The highest BCUT2D eigenvalue weighted by molar-refractivity contribution is 5.83. The van der Waals surface area contributed by atoms with Crippen molar-refractivity contribution in [1.82, 2.24) is 10.6 Å². The van der Waals surface area contributed by atoms with Gasteiger partial charge >= 0.3 is 0 Å². The van der Waals surface area contributed by atoms with Crippen LogP contribution in [-0.2, 0) is 4.74 Å². The van der Waals surface area contributed by atoms with Crippen LogP contribution in [0.3, 0.4) is 0 Å². The summed E-state index contributed by atoms with van der Waals surface area (Å²) in [5, 5.41) is 6.98. The number of ether oxygens (including phenoxy) is 1. The van der Waals surface area contributed by atoms with Crippen LogP contribution in [0.1, 0.15) is 52.4 Å². The number of nitrogens with one attached hydrogen (secondary N) is 2. The molecule has 1 aliphatic carbocycles. The molecular weight excluding hydrogens is 250 g/mol. The van der Waals surface area contributed by atoms with Crippen LogP contribution in [0.2, 0.25) is 0 Å². The van der Waals surface area contributed by atoms with Gasteiger partial charge in [-0.25, -0.2) is 0 Å². The highest BCUT2D eigenvalue weighted by atomic mass is 16.5. The minimum absolute atomic E-state index is 0.467. The molecule has 0 saturated heterocycles. The topological polar surface area (TPSA) is 45.6 Å². The number of nitrogens with zero attached hydrogens (tertiary/aromatic N) is 1. The fourth-order valence-corrected chi connectivity index (χ4v) is 2.71. The zero-order valence-corrected chi connectivity index (χ0v) is 13.2. The third-order valence-corrected chi connectivity index (χ3v) is 4.10. The lowest BCUT2D eigenvalue weighted by Gasteiger charge is -2.37. The Bertz CT molecular complexity index is 304. The first kappa shape index (κ1) is 15.8. The Kier molecular flexibility index (Phi) is 6.80. The van der Waals surface area contributed by atoms with Gasteiger partial charge in [-0.2, -0.15) is 0 Å².